The van der Waals surface area contributed by atoms with E-state index in [1.165, 1.54) is 17.7 Å². The van der Waals surface area contributed by atoms with Crippen molar-refractivity contribution in [2.75, 3.05) is 11.9 Å². The molecule has 0 aliphatic heterocycles. The smallest absolute Gasteiger partial charge is 0.315 e. The first-order valence-corrected chi connectivity index (χ1v) is 8.27. The first-order valence-electron chi connectivity index (χ1n) is 7.45. The molecule has 110 valence electrons. The minimum absolute atomic E-state index is 0.102. The van der Waals surface area contributed by atoms with Gasteiger partial charge in [-0.05, 0) is 52.4 Å². The van der Waals surface area contributed by atoms with Gasteiger partial charge in [-0.15, -0.1) is 11.3 Å². The Balaban J connectivity index is 1.74. The van der Waals surface area contributed by atoms with Crippen LogP contribution in [0.1, 0.15) is 56.5 Å². The topological polar surface area (TPSA) is 51.2 Å². The maximum atomic E-state index is 11.9. The molecule has 1 N–H and O–H groups in total. The molecule has 0 saturated heterocycles. The van der Waals surface area contributed by atoms with E-state index in [1.807, 2.05) is 6.92 Å². The van der Waals surface area contributed by atoms with E-state index in [-0.39, 0.29) is 17.4 Å². The molecular weight excluding hydrogens is 272 g/mol. The van der Waals surface area contributed by atoms with Crippen LogP contribution in [-0.2, 0) is 16.0 Å². The molecular formula is C15H22N2O2S. The summed E-state index contributed by atoms with van der Waals surface area (Å²) in [6.07, 6.45) is 4.40. The third-order valence-electron chi connectivity index (χ3n) is 4.32. The summed E-state index contributed by atoms with van der Waals surface area (Å²) in [5.74, 6) is 0.479. The number of esters is 1. The third kappa shape index (κ3) is 2.55. The van der Waals surface area contributed by atoms with Gasteiger partial charge in [0.15, 0.2) is 5.13 Å². The second kappa shape index (κ2) is 5.02. The predicted molar refractivity (Wildman–Crippen MR) is 80.2 cm³/mol. The summed E-state index contributed by atoms with van der Waals surface area (Å²) in [7, 11) is 0. The fraction of sp³-hybridized carbons (Fsp3) is 0.733. The highest BCUT2D eigenvalue weighted by Gasteiger charge is 2.39. The largest absolute Gasteiger partial charge is 0.465 e. The molecule has 1 saturated carbocycles. The van der Waals surface area contributed by atoms with Crippen LogP contribution in [0.25, 0.3) is 0 Å². The van der Waals surface area contributed by atoms with E-state index < -0.39 is 0 Å². The molecule has 0 spiro atoms. The van der Waals surface area contributed by atoms with Gasteiger partial charge in [0.2, 0.25) is 0 Å². The van der Waals surface area contributed by atoms with Crippen molar-refractivity contribution in [2.24, 2.45) is 5.92 Å². The Kier molecular flexibility index (Phi) is 3.48. The number of ether oxygens (including phenoxy) is 1. The summed E-state index contributed by atoms with van der Waals surface area (Å²) >= 11 is 1.70. The Morgan fingerprint density at radius 2 is 2.20 bits per heavy atom. The van der Waals surface area contributed by atoms with E-state index >= 15 is 0 Å². The number of thiazole rings is 1. The van der Waals surface area contributed by atoms with Crippen molar-refractivity contribution in [3.63, 3.8) is 0 Å². The number of nitrogens with zero attached hydrogens (tertiary/aromatic N) is 1. The molecule has 0 radical (unpaired) electrons. The number of carbonyl (C=O) groups is 1. The van der Waals surface area contributed by atoms with Crippen LogP contribution in [0.15, 0.2) is 0 Å². The van der Waals surface area contributed by atoms with Gasteiger partial charge >= 0.3 is 5.97 Å². The molecule has 1 aromatic rings. The van der Waals surface area contributed by atoms with Crippen molar-refractivity contribution in [3.8, 4) is 0 Å². The van der Waals surface area contributed by atoms with Crippen LogP contribution < -0.4 is 5.32 Å². The molecule has 0 aromatic carbocycles. The summed E-state index contributed by atoms with van der Waals surface area (Å²) in [5.41, 5.74) is 1.05. The molecule has 1 unspecified atom stereocenters. The molecule has 1 heterocycles. The van der Waals surface area contributed by atoms with Crippen molar-refractivity contribution >= 4 is 22.4 Å². The van der Waals surface area contributed by atoms with E-state index in [1.54, 1.807) is 11.3 Å². The van der Waals surface area contributed by atoms with E-state index in [0.29, 0.717) is 6.61 Å². The summed E-state index contributed by atoms with van der Waals surface area (Å²) in [4.78, 5) is 17.9. The SMILES string of the molecule is CCOC(=O)C1CCc2sc(NC(C)(C)C3CC3)nc21. The fourth-order valence-electron chi connectivity index (χ4n) is 2.94. The number of nitrogens with one attached hydrogen (secondary N) is 1. The van der Waals surface area contributed by atoms with Crippen LogP contribution in [0.5, 0.6) is 0 Å². The number of rotatable bonds is 5. The molecule has 1 aromatic heterocycles. The lowest BCUT2D eigenvalue weighted by atomic mass is 9.99. The number of fused-ring (bicyclic) bond motifs is 1. The van der Waals surface area contributed by atoms with Crippen LogP contribution in [0.2, 0.25) is 0 Å². The Hall–Kier alpha value is -1.10. The zero-order valence-electron chi connectivity index (χ0n) is 12.4. The van der Waals surface area contributed by atoms with Crippen LogP contribution >= 0.6 is 11.3 Å². The van der Waals surface area contributed by atoms with Crippen molar-refractivity contribution < 1.29 is 9.53 Å². The fourth-order valence-corrected chi connectivity index (χ4v) is 4.14. The number of anilines is 1. The molecule has 2 aliphatic carbocycles. The van der Waals surface area contributed by atoms with Crippen LogP contribution in [0.3, 0.4) is 0 Å². The lowest BCUT2D eigenvalue weighted by Crippen LogP contribution is -2.33. The Morgan fingerprint density at radius 1 is 1.45 bits per heavy atom. The lowest BCUT2D eigenvalue weighted by molar-refractivity contribution is -0.145. The maximum absolute atomic E-state index is 11.9. The first kappa shape index (κ1) is 13.9. The van der Waals surface area contributed by atoms with Crippen LogP contribution in [-0.4, -0.2) is 23.1 Å². The summed E-state index contributed by atoms with van der Waals surface area (Å²) in [6, 6.07) is 0. The molecule has 3 rings (SSSR count). The standard InChI is InChI=1S/C15H22N2O2S/c1-4-19-13(18)10-7-8-11-12(10)16-14(20-11)17-15(2,3)9-5-6-9/h9-10H,4-8H2,1-3H3,(H,16,17). The van der Waals surface area contributed by atoms with Gasteiger partial charge in [-0.3, -0.25) is 4.79 Å². The van der Waals surface area contributed by atoms with E-state index in [4.69, 9.17) is 4.74 Å². The number of aryl methyl sites for hydroxylation is 1. The second-order valence-electron chi connectivity index (χ2n) is 6.29. The highest BCUT2D eigenvalue weighted by molar-refractivity contribution is 7.15. The average molecular weight is 294 g/mol. The van der Waals surface area contributed by atoms with Gasteiger partial charge < -0.3 is 10.1 Å². The van der Waals surface area contributed by atoms with Gasteiger partial charge in [-0.25, -0.2) is 4.98 Å². The van der Waals surface area contributed by atoms with Crippen LogP contribution in [0, 0.1) is 5.92 Å². The van der Waals surface area contributed by atoms with Gasteiger partial charge in [0.05, 0.1) is 12.3 Å². The highest BCUT2D eigenvalue weighted by Crippen LogP contribution is 2.44. The maximum Gasteiger partial charge on any atom is 0.315 e. The zero-order chi connectivity index (χ0) is 14.3. The minimum atomic E-state index is -0.152. The number of aromatic nitrogens is 1. The number of hydrogen-bond donors (Lipinski definition) is 1. The van der Waals surface area contributed by atoms with Crippen molar-refractivity contribution in [1.29, 1.82) is 0 Å². The van der Waals surface area contributed by atoms with Gasteiger partial charge in [-0.1, -0.05) is 0 Å². The Labute approximate surface area is 123 Å². The molecule has 20 heavy (non-hydrogen) atoms. The molecule has 4 nitrogen and oxygen atoms in total. The van der Waals surface area contributed by atoms with Gasteiger partial charge in [-0.2, -0.15) is 0 Å². The summed E-state index contributed by atoms with van der Waals surface area (Å²) < 4.78 is 5.15. The monoisotopic (exact) mass is 294 g/mol. The van der Waals surface area contributed by atoms with Gasteiger partial charge in [0.1, 0.15) is 5.92 Å². The Bertz CT molecular complexity index is 520. The number of hydrogen-bond acceptors (Lipinski definition) is 5. The van der Waals surface area contributed by atoms with E-state index in [9.17, 15) is 4.79 Å². The van der Waals surface area contributed by atoms with Gasteiger partial charge in [0, 0.05) is 10.4 Å². The molecule has 0 bridgehead atoms. The Morgan fingerprint density at radius 3 is 2.85 bits per heavy atom. The van der Waals surface area contributed by atoms with Crippen molar-refractivity contribution in [3.05, 3.63) is 10.6 Å². The van der Waals surface area contributed by atoms with Crippen LogP contribution in [0.4, 0.5) is 5.13 Å². The normalized spacial score (nSPS) is 21.6. The predicted octanol–water partition coefficient (Wildman–Crippen LogP) is 3.34. The highest BCUT2D eigenvalue weighted by atomic mass is 32.1. The minimum Gasteiger partial charge on any atom is -0.465 e. The molecule has 2 aliphatic rings. The molecule has 0 amide bonds. The lowest BCUT2D eigenvalue weighted by Gasteiger charge is -2.25. The van der Waals surface area contributed by atoms with Crippen molar-refractivity contribution in [1.82, 2.24) is 4.98 Å². The molecule has 1 fully saturated rings. The summed E-state index contributed by atoms with van der Waals surface area (Å²) in [5, 5.41) is 4.52. The first-order chi connectivity index (χ1) is 9.51. The third-order valence-corrected chi connectivity index (χ3v) is 5.36. The summed E-state index contributed by atoms with van der Waals surface area (Å²) in [6.45, 7) is 6.76. The zero-order valence-corrected chi connectivity index (χ0v) is 13.2. The van der Waals surface area contributed by atoms with Crippen molar-refractivity contribution in [2.45, 2.75) is 57.9 Å². The van der Waals surface area contributed by atoms with E-state index in [0.717, 1.165) is 29.6 Å². The average Bonchev–Trinajstić information content (AvgIpc) is 3.06. The van der Waals surface area contributed by atoms with E-state index in [2.05, 4.69) is 24.1 Å². The quantitative estimate of drug-likeness (QED) is 0.846. The molecule has 1 atom stereocenters. The molecule has 5 heteroatoms. The van der Waals surface area contributed by atoms with Gasteiger partial charge in [0.25, 0.3) is 0 Å². The number of carbonyl (C=O) groups excluding carboxylic acids is 1. The second-order valence-corrected chi connectivity index (χ2v) is 7.38.